The van der Waals surface area contributed by atoms with Crippen molar-refractivity contribution in [2.45, 2.75) is 26.7 Å². The van der Waals surface area contributed by atoms with Crippen LogP contribution in [0.5, 0.6) is 0 Å². The first-order valence-electron chi connectivity index (χ1n) is 6.75. The smallest absolute Gasteiger partial charge is 0.158 e. The minimum absolute atomic E-state index is 0.0139. The molecule has 1 heterocycles. The predicted molar refractivity (Wildman–Crippen MR) is 77.8 cm³/mol. The lowest BCUT2D eigenvalue weighted by atomic mass is 9.79. The summed E-state index contributed by atoms with van der Waals surface area (Å²) >= 11 is 0. The normalized spacial score (nSPS) is 17.9. The number of rotatable bonds is 2. The Bertz CT molecular complexity index is 668. The number of allylic oxidation sites excluding steroid dienone is 2. The second-order valence-electron chi connectivity index (χ2n) is 6.03. The molecule has 0 unspecified atom stereocenters. The highest BCUT2D eigenvalue weighted by Gasteiger charge is 2.28. The van der Waals surface area contributed by atoms with E-state index >= 15 is 0 Å². The number of carbonyl (C=O) groups excluding carboxylic acids is 1. The van der Waals surface area contributed by atoms with Crippen molar-refractivity contribution in [1.29, 1.82) is 0 Å². The first-order chi connectivity index (χ1) is 9.53. The maximum Gasteiger partial charge on any atom is 0.158 e. The van der Waals surface area contributed by atoms with Crippen LogP contribution in [0.1, 0.15) is 26.7 Å². The first-order valence-corrected chi connectivity index (χ1v) is 6.75. The highest BCUT2D eigenvalue weighted by molar-refractivity contribution is 5.96. The zero-order valence-electron chi connectivity index (χ0n) is 11.7. The molecular formula is C16H17N3O. The summed E-state index contributed by atoms with van der Waals surface area (Å²) in [7, 11) is 0. The first kappa shape index (κ1) is 12.8. The van der Waals surface area contributed by atoms with Gasteiger partial charge in [-0.05, 0) is 11.8 Å². The van der Waals surface area contributed by atoms with Gasteiger partial charge in [0.25, 0.3) is 0 Å². The fraction of sp³-hybridized carbons (Fsp3) is 0.312. The van der Waals surface area contributed by atoms with Gasteiger partial charge in [0.2, 0.25) is 0 Å². The van der Waals surface area contributed by atoms with Crippen LogP contribution in [0, 0.1) is 5.41 Å². The zero-order valence-corrected chi connectivity index (χ0v) is 11.7. The van der Waals surface area contributed by atoms with Gasteiger partial charge in [-0.1, -0.05) is 49.4 Å². The Morgan fingerprint density at radius 1 is 1.15 bits per heavy atom. The van der Waals surface area contributed by atoms with Crippen molar-refractivity contribution in [1.82, 2.24) is 15.0 Å². The molecule has 0 amide bonds. The molecule has 102 valence electrons. The van der Waals surface area contributed by atoms with Gasteiger partial charge in [-0.2, -0.15) is 0 Å². The number of nitrogens with zero attached hydrogens (tertiary/aromatic N) is 3. The number of hydrogen-bond donors (Lipinski definition) is 0. The summed E-state index contributed by atoms with van der Waals surface area (Å²) in [6.45, 7) is 4.21. The highest BCUT2D eigenvalue weighted by Crippen LogP contribution is 2.35. The van der Waals surface area contributed by atoms with Crippen LogP contribution in [-0.4, -0.2) is 20.8 Å². The van der Waals surface area contributed by atoms with E-state index in [4.69, 9.17) is 0 Å². The molecule has 3 rings (SSSR count). The maximum absolute atomic E-state index is 11.8. The van der Waals surface area contributed by atoms with Crippen LogP contribution in [0.3, 0.4) is 0 Å². The third kappa shape index (κ3) is 2.54. The van der Waals surface area contributed by atoms with Gasteiger partial charge in [-0.15, -0.1) is 5.10 Å². The molecule has 1 aliphatic rings. The summed E-state index contributed by atoms with van der Waals surface area (Å²) in [6.07, 6.45) is 5.00. The van der Waals surface area contributed by atoms with E-state index in [1.807, 2.05) is 36.5 Å². The van der Waals surface area contributed by atoms with E-state index in [0.717, 1.165) is 23.4 Å². The summed E-state index contributed by atoms with van der Waals surface area (Å²) in [5.74, 6) is 0.160. The van der Waals surface area contributed by atoms with Gasteiger partial charge >= 0.3 is 0 Å². The van der Waals surface area contributed by atoms with Gasteiger partial charge < -0.3 is 0 Å². The zero-order chi connectivity index (χ0) is 14.2. The van der Waals surface area contributed by atoms with Crippen LogP contribution in [0.2, 0.25) is 0 Å². The molecule has 0 atom stereocenters. The molecule has 1 aliphatic carbocycles. The average Bonchev–Trinajstić information content (AvgIpc) is 2.87. The van der Waals surface area contributed by atoms with Crippen molar-refractivity contribution in [3.63, 3.8) is 0 Å². The van der Waals surface area contributed by atoms with Gasteiger partial charge in [0.15, 0.2) is 5.78 Å². The molecule has 0 saturated carbocycles. The Hall–Kier alpha value is -2.23. The quantitative estimate of drug-likeness (QED) is 0.839. The van der Waals surface area contributed by atoms with Crippen LogP contribution in [0.15, 0.2) is 42.6 Å². The Morgan fingerprint density at radius 2 is 1.90 bits per heavy atom. The number of carbonyl (C=O) groups is 1. The molecule has 4 nitrogen and oxygen atoms in total. The molecule has 0 fully saturated rings. The van der Waals surface area contributed by atoms with Crippen molar-refractivity contribution < 1.29 is 4.79 Å². The predicted octanol–water partition coefficient (Wildman–Crippen LogP) is 3.18. The Balaban J connectivity index is 1.93. The Labute approximate surface area is 118 Å². The van der Waals surface area contributed by atoms with Crippen LogP contribution < -0.4 is 0 Å². The molecule has 0 N–H and O–H groups in total. The van der Waals surface area contributed by atoms with Gasteiger partial charge in [0.1, 0.15) is 5.69 Å². The van der Waals surface area contributed by atoms with Crippen molar-refractivity contribution >= 4 is 11.5 Å². The van der Waals surface area contributed by atoms with Crippen molar-refractivity contribution in [3.05, 3.63) is 42.6 Å². The lowest BCUT2D eigenvalue weighted by Crippen LogP contribution is -2.23. The molecular weight excluding hydrogens is 250 g/mol. The summed E-state index contributed by atoms with van der Waals surface area (Å²) in [5, 5.41) is 8.36. The molecule has 0 bridgehead atoms. The molecule has 0 spiro atoms. The van der Waals surface area contributed by atoms with E-state index in [0.29, 0.717) is 6.42 Å². The fourth-order valence-corrected chi connectivity index (χ4v) is 2.60. The molecule has 0 saturated heterocycles. The summed E-state index contributed by atoms with van der Waals surface area (Å²) < 4.78 is 1.72. The second-order valence-corrected chi connectivity index (χ2v) is 6.03. The second kappa shape index (κ2) is 4.71. The lowest BCUT2D eigenvalue weighted by Gasteiger charge is -2.28. The van der Waals surface area contributed by atoms with E-state index in [1.165, 1.54) is 0 Å². The third-order valence-corrected chi connectivity index (χ3v) is 3.50. The molecule has 0 aliphatic heterocycles. The van der Waals surface area contributed by atoms with E-state index < -0.39 is 0 Å². The summed E-state index contributed by atoms with van der Waals surface area (Å²) in [5.41, 5.74) is 2.75. The topological polar surface area (TPSA) is 47.8 Å². The maximum atomic E-state index is 11.8. The van der Waals surface area contributed by atoms with Gasteiger partial charge in [-0.3, -0.25) is 4.79 Å². The number of aromatic nitrogens is 3. The number of hydrogen-bond acceptors (Lipinski definition) is 3. The van der Waals surface area contributed by atoms with Crippen molar-refractivity contribution in [2.75, 3.05) is 0 Å². The van der Waals surface area contributed by atoms with Crippen molar-refractivity contribution in [3.8, 4) is 11.3 Å². The van der Waals surface area contributed by atoms with E-state index in [2.05, 4.69) is 24.2 Å². The van der Waals surface area contributed by atoms with Gasteiger partial charge in [0.05, 0.1) is 6.20 Å². The molecule has 20 heavy (non-hydrogen) atoms. The van der Waals surface area contributed by atoms with E-state index in [1.54, 1.807) is 10.8 Å². The molecule has 4 heteroatoms. The largest absolute Gasteiger partial charge is 0.295 e. The van der Waals surface area contributed by atoms with Crippen LogP contribution >= 0.6 is 0 Å². The molecule has 2 aromatic rings. The summed E-state index contributed by atoms with van der Waals surface area (Å²) in [6, 6.07) is 9.91. The molecule has 1 aromatic carbocycles. The van der Waals surface area contributed by atoms with E-state index in [9.17, 15) is 4.79 Å². The van der Waals surface area contributed by atoms with Crippen LogP contribution in [-0.2, 0) is 4.79 Å². The number of ketones is 1. The Morgan fingerprint density at radius 3 is 2.60 bits per heavy atom. The number of benzene rings is 1. The van der Waals surface area contributed by atoms with Crippen molar-refractivity contribution in [2.24, 2.45) is 5.41 Å². The Kier molecular flexibility index (Phi) is 3.01. The molecule has 1 aromatic heterocycles. The monoisotopic (exact) mass is 267 g/mol. The van der Waals surface area contributed by atoms with Crippen LogP contribution in [0.25, 0.3) is 17.0 Å². The van der Waals surface area contributed by atoms with Gasteiger partial charge in [-0.25, -0.2) is 4.68 Å². The lowest BCUT2D eigenvalue weighted by molar-refractivity contribution is -0.116. The minimum atomic E-state index is -0.0139. The SMILES string of the molecule is CC1(C)CC(=O)C=C(n2cc(-c3ccccc3)nn2)C1. The third-order valence-electron chi connectivity index (χ3n) is 3.50. The average molecular weight is 267 g/mol. The highest BCUT2D eigenvalue weighted by atomic mass is 16.1. The van der Waals surface area contributed by atoms with Crippen LogP contribution in [0.4, 0.5) is 0 Å². The minimum Gasteiger partial charge on any atom is -0.295 e. The fourth-order valence-electron chi connectivity index (χ4n) is 2.60. The molecule has 0 radical (unpaired) electrons. The standard InChI is InChI=1S/C16H17N3O/c1-16(2)9-13(8-14(20)10-16)19-11-15(17-18-19)12-6-4-3-5-7-12/h3-8,11H,9-10H2,1-2H3. The van der Waals surface area contributed by atoms with E-state index in [-0.39, 0.29) is 11.2 Å². The van der Waals surface area contributed by atoms with Gasteiger partial charge in [0, 0.05) is 23.8 Å². The summed E-state index contributed by atoms with van der Waals surface area (Å²) in [4.78, 5) is 11.8.